The molecular weight excluding hydrogens is 246 g/mol. The predicted molar refractivity (Wildman–Crippen MR) is 65.6 cm³/mol. The number of aliphatic hydroxyl groups excluding tert-OH is 1. The summed E-state index contributed by atoms with van der Waals surface area (Å²) in [6.07, 6.45) is 2.52. The summed E-state index contributed by atoms with van der Waals surface area (Å²) < 4.78 is 0. The molecule has 6 nitrogen and oxygen atoms in total. The number of aliphatic hydroxyl groups is 1. The maximum Gasteiger partial charge on any atom is 0.311 e. The third-order valence-corrected chi connectivity index (χ3v) is 2.73. The topological polar surface area (TPSA) is 79.5 Å². The Bertz CT molecular complexity index is 394. The van der Waals surface area contributed by atoms with Crippen LogP contribution in [0.15, 0.2) is 18.3 Å². The highest BCUT2D eigenvalue weighted by Gasteiger charge is 2.24. The Kier molecular flexibility index (Phi) is 4.65. The molecule has 1 N–H and O–H groups in total. The highest BCUT2D eigenvalue weighted by Crippen LogP contribution is 2.27. The smallest absolute Gasteiger partial charge is 0.311 e. The molecule has 2 heterocycles. The molecule has 0 radical (unpaired) electrons. The van der Waals surface area contributed by atoms with Gasteiger partial charge in [0.05, 0.1) is 11.0 Å². The van der Waals surface area contributed by atoms with E-state index in [2.05, 4.69) is 4.98 Å². The van der Waals surface area contributed by atoms with Gasteiger partial charge in [-0.2, -0.15) is 0 Å². The largest absolute Gasteiger partial charge is 0.393 e. The molecule has 1 fully saturated rings. The van der Waals surface area contributed by atoms with Gasteiger partial charge in [-0.15, -0.1) is 12.4 Å². The standard InChI is InChI=1S/C10H13N3O3.ClH/c14-8-3-6-12(7-4-8)10-9(13(15)16)2-1-5-11-10;/h1-2,5,8,14H,3-4,6-7H2;1H. The molecule has 0 aliphatic carbocycles. The monoisotopic (exact) mass is 259 g/mol. The minimum absolute atomic E-state index is 0. The lowest BCUT2D eigenvalue weighted by atomic mass is 10.1. The maximum atomic E-state index is 10.8. The molecule has 0 unspecified atom stereocenters. The molecule has 17 heavy (non-hydrogen) atoms. The first-order valence-electron chi connectivity index (χ1n) is 5.21. The summed E-state index contributed by atoms with van der Waals surface area (Å²) in [5, 5.41) is 20.2. The van der Waals surface area contributed by atoms with Crippen LogP contribution >= 0.6 is 12.4 Å². The number of halogens is 1. The van der Waals surface area contributed by atoms with Gasteiger partial charge in [0.15, 0.2) is 0 Å². The molecule has 0 bridgehead atoms. The van der Waals surface area contributed by atoms with Gasteiger partial charge in [-0.25, -0.2) is 4.98 Å². The highest BCUT2D eigenvalue weighted by atomic mass is 35.5. The summed E-state index contributed by atoms with van der Waals surface area (Å²) in [6, 6.07) is 3.01. The Morgan fingerprint density at radius 2 is 2.12 bits per heavy atom. The van der Waals surface area contributed by atoms with Crippen molar-refractivity contribution in [3.8, 4) is 0 Å². The van der Waals surface area contributed by atoms with E-state index in [9.17, 15) is 15.2 Å². The molecule has 2 rings (SSSR count). The molecule has 0 aromatic carbocycles. The first-order valence-corrected chi connectivity index (χ1v) is 5.21. The van der Waals surface area contributed by atoms with Gasteiger partial charge in [-0.3, -0.25) is 10.1 Å². The third-order valence-electron chi connectivity index (χ3n) is 2.73. The van der Waals surface area contributed by atoms with Crippen LogP contribution in [0.25, 0.3) is 0 Å². The number of rotatable bonds is 2. The van der Waals surface area contributed by atoms with E-state index >= 15 is 0 Å². The normalized spacial score (nSPS) is 16.4. The molecule has 1 aliphatic rings. The van der Waals surface area contributed by atoms with Crippen molar-refractivity contribution in [3.05, 3.63) is 28.4 Å². The van der Waals surface area contributed by atoms with Crippen LogP contribution in [0.1, 0.15) is 12.8 Å². The SMILES string of the molecule is Cl.O=[N+]([O-])c1cccnc1N1CCC(O)CC1. The van der Waals surface area contributed by atoms with Gasteiger partial charge in [0.25, 0.3) is 0 Å². The van der Waals surface area contributed by atoms with Crippen LogP contribution < -0.4 is 4.90 Å². The van der Waals surface area contributed by atoms with E-state index < -0.39 is 4.92 Å². The van der Waals surface area contributed by atoms with E-state index in [1.807, 2.05) is 4.90 Å². The summed E-state index contributed by atoms with van der Waals surface area (Å²) in [5.41, 5.74) is 0.0267. The van der Waals surface area contributed by atoms with Crippen LogP contribution in [0.2, 0.25) is 0 Å². The van der Waals surface area contributed by atoms with Crippen molar-refractivity contribution in [1.82, 2.24) is 4.98 Å². The Morgan fingerprint density at radius 3 is 2.71 bits per heavy atom. The molecule has 0 spiro atoms. The summed E-state index contributed by atoms with van der Waals surface area (Å²) in [4.78, 5) is 16.3. The van der Waals surface area contributed by atoms with Gasteiger partial charge in [0, 0.05) is 25.4 Å². The Morgan fingerprint density at radius 1 is 1.47 bits per heavy atom. The number of nitrogens with zero attached hydrogens (tertiary/aromatic N) is 3. The van der Waals surface area contributed by atoms with Crippen molar-refractivity contribution in [3.63, 3.8) is 0 Å². The van der Waals surface area contributed by atoms with Gasteiger partial charge in [0.1, 0.15) is 0 Å². The predicted octanol–water partition coefficient (Wildman–Crippen LogP) is 1.37. The van der Waals surface area contributed by atoms with Crippen molar-refractivity contribution in [2.75, 3.05) is 18.0 Å². The van der Waals surface area contributed by atoms with Crippen LogP contribution in [0.3, 0.4) is 0 Å². The van der Waals surface area contributed by atoms with E-state index in [0.717, 1.165) is 0 Å². The lowest BCUT2D eigenvalue weighted by Crippen LogP contribution is -2.36. The van der Waals surface area contributed by atoms with Gasteiger partial charge < -0.3 is 10.0 Å². The van der Waals surface area contributed by atoms with Crippen molar-refractivity contribution < 1.29 is 10.0 Å². The van der Waals surface area contributed by atoms with Crippen LogP contribution in [-0.4, -0.2) is 34.2 Å². The molecule has 7 heteroatoms. The molecule has 94 valence electrons. The van der Waals surface area contributed by atoms with E-state index in [0.29, 0.717) is 31.7 Å². The van der Waals surface area contributed by atoms with Crippen LogP contribution in [0.4, 0.5) is 11.5 Å². The average molecular weight is 260 g/mol. The lowest BCUT2D eigenvalue weighted by molar-refractivity contribution is -0.384. The molecule has 0 amide bonds. The van der Waals surface area contributed by atoms with Gasteiger partial charge in [-0.05, 0) is 18.9 Å². The van der Waals surface area contributed by atoms with Gasteiger partial charge >= 0.3 is 5.69 Å². The molecule has 1 aromatic rings. The van der Waals surface area contributed by atoms with Crippen molar-refractivity contribution in [2.45, 2.75) is 18.9 Å². The van der Waals surface area contributed by atoms with Crippen molar-refractivity contribution in [1.29, 1.82) is 0 Å². The maximum absolute atomic E-state index is 10.8. The van der Waals surface area contributed by atoms with Crippen molar-refractivity contribution >= 4 is 23.9 Å². The first kappa shape index (κ1) is 13.7. The average Bonchev–Trinajstić information content (AvgIpc) is 2.30. The second-order valence-electron chi connectivity index (χ2n) is 3.82. The zero-order chi connectivity index (χ0) is 11.5. The van der Waals surface area contributed by atoms with E-state index in [-0.39, 0.29) is 24.2 Å². The molecular formula is C10H14ClN3O3. The van der Waals surface area contributed by atoms with E-state index in [1.165, 1.54) is 6.07 Å². The van der Waals surface area contributed by atoms with Crippen molar-refractivity contribution in [2.24, 2.45) is 0 Å². The fourth-order valence-electron chi connectivity index (χ4n) is 1.85. The quantitative estimate of drug-likeness (QED) is 0.641. The van der Waals surface area contributed by atoms with Crippen LogP contribution in [-0.2, 0) is 0 Å². The Hall–Kier alpha value is -1.40. The minimum Gasteiger partial charge on any atom is -0.393 e. The van der Waals surface area contributed by atoms with Crippen LogP contribution in [0.5, 0.6) is 0 Å². The van der Waals surface area contributed by atoms with Crippen LogP contribution in [0, 0.1) is 10.1 Å². The number of nitro groups is 1. The third kappa shape index (κ3) is 3.04. The minimum atomic E-state index is -0.423. The second kappa shape index (κ2) is 5.79. The summed E-state index contributed by atoms with van der Waals surface area (Å²) in [5.74, 6) is 0.402. The molecule has 1 saturated heterocycles. The highest BCUT2D eigenvalue weighted by molar-refractivity contribution is 5.85. The summed E-state index contributed by atoms with van der Waals surface area (Å²) in [6.45, 7) is 1.22. The number of pyridine rings is 1. The fraction of sp³-hybridized carbons (Fsp3) is 0.500. The molecule has 0 atom stereocenters. The number of hydrogen-bond donors (Lipinski definition) is 1. The van der Waals surface area contributed by atoms with E-state index in [1.54, 1.807) is 12.3 Å². The first-order chi connectivity index (χ1) is 7.68. The number of anilines is 1. The second-order valence-corrected chi connectivity index (χ2v) is 3.82. The van der Waals surface area contributed by atoms with Gasteiger partial charge in [-0.1, -0.05) is 0 Å². The summed E-state index contributed by atoms with van der Waals surface area (Å²) in [7, 11) is 0. The fourth-order valence-corrected chi connectivity index (χ4v) is 1.85. The van der Waals surface area contributed by atoms with Gasteiger partial charge in [0.2, 0.25) is 5.82 Å². The number of hydrogen-bond acceptors (Lipinski definition) is 5. The zero-order valence-corrected chi connectivity index (χ0v) is 9.97. The summed E-state index contributed by atoms with van der Waals surface area (Å²) >= 11 is 0. The lowest BCUT2D eigenvalue weighted by Gasteiger charge is -2.29. The molecule has 0 saturated carbocycles. The molecule has 1 aromatic heterocycles. The number of aromatic nitrogens is 1. The van der Waals surface area contributed by atoms with E-state index in [4.69, 9.17) is 0 Å². The zero-order valence-electron chi connectivity index (χ0n) is 9.15. The Balaban J connectivity index is 0.00000144. The Labute approximate surface area is 105 Å². The number of piperidine rings is 1. The molecule has 1 aliphatic heterocycles.